The van der Waals surface area contributed by atoms with Gasteiger partial charge in [-0.2, -0.15) is 0 Å². The molecule has 0 amide bonds. The highest BCUT2D eigenvalue weighted by atomic mass is 15.0. The smallest absolute Gasteiger partial charge is 0.00979 e. The third-order valence-electron chi connectivity index (χ3n) is 2.89. The molecule has 1 heteroatoms. The Hall–Kier alpha value is -0.0400. The summed E-state index contributed by atoms with van der Waals surface area (Å²) < 4.78 is 0. The van der Waals surface area contributed by atoms with Crippen molar-refractivity contribution in [2.75, 3.05) is 0 Å². The Labute approximate surface area is 56.8 Å². The van der Waals surface area contributed by atoms with Crippen LogP contribution in [0.5, 0.6) is 0 Å². The fourth-order valence-corrected chi connectivity index (χ4v) is 2.05. The van der Waals surface area contributed by atoms with Crippen LogP contribution in [0.2, 0.25) is 0 Å². The van der Waals surface area contributed by atoms with Crippen molar-refractivity contribution in [2.45, 2.75) is 44.7 Å². The first-order chi connectivity index (χ1) is 4.36. The summed E-state index contributed by atoms with van der Waals surface area (Å²) in [6, 6.07) is 1.71. The van der Waals surface area contributed by atoms with Crippen LogP contribution < -0.4 is 5.32 Å². The molecule has 2 fully saturated rings. The Morgan fingerprint density at radius 2 is 1.89 bits per heavy atom. The predicted octanol–water partition coefficient (Wildman–Crippen LogP) is 1.54. The maximum absolute atomic E-state index is 3.62. The van der Waals surface area contributed by atoms with Crippen molar-refractivity contribution in [3.8, 4) is 0 Å². The quantitative estimate of drug-likeness (QED) is 0.518. The zero-order valence-electron chi connectivity index (χ0n) is 6.06. The first-order valence-electron chi connectivity index (χ1n) is 4.12. The van der Waals surface area contributed by atoms with Gasteiger partial charge in [0.25, 0.3) is 0 Å². The molecule has 0 aromatic heterocycles. The molecule has 1 N–H and O–H groups in total. The Kier molecular flexibility index (Phi) is 1.26. The maximum Gasteiger partial charge on any atom is 0.00979 e. The zero-order valence-corrected chi connectivity index (χ0v) is 6.06. The number of hydrogen-bond acceptors (Lipinski definition) is 1. The average Bonchev–Trinajstić information content (AvgIpc) is 1.78. The lowest BCUT2D eigenvalue weighted by Gasteiger charge is -2.44. The van der Waals surface area contributed by atoms with E-state index in [9.17, 15) is 0 Å². The van der Waals surface area contributed by atoms with Crippen molar-refractivity contribution in [1.82, 2.24) is 5.32 Å². The van der Waals surface area contributed by atoms with Crippen LogP contribution in [0, 0.1) is 5.92 Å². The van der Waals surface area contributed by atoms with Crippen LogP contribution in [0.25, 0.3) is 0 Å². The van der Waals surface area contributed by atoms with Gasteiger partial charge < -0.3 is 5.32 Å². The molecule has 1 aliphatic heterocycles. The summed E-state index contributed by atoms with van der Waals surface area (Å²) in [5, 5.41) is 3.62. The molecule has 1 nitrogen and oxygen atoms in total. The van der Waals surface area contributed by atoms with E-state index >= 15 is 0 Å². The van der Waals surface area contributed by atoms with Crippen molar-refractivity contribution in [3.63, 3.8) is 0 Å². The first-order valence-corrected chi connectivity index (χ1v) is 4.12. The summed E-state index contributed by atoms with van der Waals surface area (Å²) in [5.74, 6) is 1.06. The molecule has 2 aliphatic rings. The normalized spacial score (nSPS) is 49.7. The fourth-order valence-electron chi connectivity index (χ4n) is 2.05. The van der Waals surface area contributed by atoms with E-state index in [0.29, 0.717) is 0 Å². The number of piperidine rings is 1. The number of nitrogens with one attached hydrogen (secondary N) is 1. The molecule has 0 aromatic carbocycles. The van der Waals surface area contributed by atoms with Crippen molar-refractivity contribution in [1.29, 1.82) is 0 Å². The fraction of sp³-hybridized carbons (Fsp3) is 1.00. The van der Waals surface area contributed by atoms with Gasteiger partial charge in [0.2, 0.25) is 0 Å². The zero-order chi connectivity index (χ0) is 6.27. The van der Waals surface area contributed by atoms with Gasteiger partial charge in [-0.25, -0.2) is 0 Å². The molecule has 3 atom stereocenters. The standard InChI is InChI=1S/C8H15N/c1-6-2-3-7-4-5-8(7)9-6/h6-9H,2-5H2,1H3. The second-order valence-corrected chi connectivity index (χ2v) is 3.59. The highest BCUT2D eigenvalue weighted by Gasteiger charge is 2.34. The van der Waals surface area contributed by atoms with E-state index in [1.807, 2.05) is 0 Å². The van der Waals surface area contributed by atoms with Crippen LogP contribution in [-0.4, -0.2) is 12.1 Å². The molecular formula is C8H15N. The Morgan fingerprint density at radius 1 is 1.11 bits per heavy atom. The lowest BCUT2D eigenvalue weighted by molar-refractivity contribution is 0.135. The summed E-state index contributed by atoms with van der Waals surface area (Å²) in [4.78, 5) is 0. The molecule has 1 heterocycles. The van der Waals surface area contributed by atoms with E-state index in [2.05, 4.69) is 12.2 Å². The van der Waals surface area contributed by atoms with Crippen LogP contribution in [0.4, 0.5) is 0 Å². The van der Waals surface area contributed by atoms with E-state index in [0.717, 1.165) is 18.0 Å². The summed E-state index contributed by atoms with van der Waals surface area (Å²) in [7, 11) is 0. The number of hydrogen-bond donors (Lipinski definition) is 1. The molecule has 0 radical (unpaired) electrons. The molecule has 52 valence electrons. The Bertz CT molecular complexity index is 111. The SMILES string of the molecule is CC1CCC2CCC2N1. The van der Waals surface area contributed by atoms with Gasteiger partial charge in [0, 0.05) is 12.1 Å². The summed E-state index contributed by atoms with van der Waals surface area (Å²) in [6.45, 7) is 2.30. The molecule has 0 aromatic rings. The molecule has 0 bridgehead atoms. The van der Waals surface area contributed by atoms with Gasteiger partial charge in [0.05, 0.1) is 0 Å². The third-order valence-corrected chi connectivity index (χ3v) is 2.89. The number of rotatable bonds is 0. The molecule has 1 aliphatic carbocycles. The second-order valence-electron chi connectivity index (χ2n) is 3.59. The van der Waals surface area contributed by atoms with Gasteiger partial charge in [0.1, 0.15) is 0 Å². The van der Waals surface area contributed by atoms with Gasteiger partial charge in [-0.1, -0.05) is 0 Å². The topological polar surface area (TPSA) is 12.0 Å². The molecule has 1 saturated heterocycles. The Morgan fingerprint density at radius 3 is 2.33 bits per heavy atom. The largest absolute Gasteiger partial charge is 0.311 e. The van der Waals surface area contributed by atoms with Crippen molar-refractivity contribution >= 4 is 0 Å². The monoisotopic (exact) mass is 125 g/mol. The minimum absolute atomic E-state index is 0.798. The molecular weight excluding hydrogens is 110 g/mol. The van der Waals surface area contributed by atoms with Crippen molar-refractivity contribution in [3.05, 3.63) is 0 Å². The number of fused-ring (bicyclic) bond motifs is 1. The molecule has 2 rings (SSSR count). The van der Waals surface area contributed by atoms with Crippen molar-refractivity contribution in [2.24, 2.45) is 5.92 Å². The lowest BCUT2D eigenvalue weighted by Crippen LogP contribution is -2.51. The molecule has 9 heavy (non-hydrogen) atoms. The van der Waals surface area contributed by atoms with E-state index < -0.39 is 0 Å². The van der Waals surface area contributed by atoms with Gasteiger partial charge in [-0.05, 0) is 38.5 Å². The van der Waals surface area contributed by atoms with Gasteiger partial charge >= 0.3 is 0 Å². The van der Waals surface area contributed by atoms with Crippen LogP contribution in [-0.2, 0) is 0 Å². The van der Waals surface area contributed by atoms with E-state index in [1.165, 1.54) is 25.7 Å². The van der Waals surface area contributed by atoms with Gasteiger partial charge in [0.15, 0.2) is 0 Å². The van der Waals surface area contributed by atoms with E-state index in [1.54, 1.807) is 0 Å². The van der Waals surface area contributed by atoms with Gasteiger partial charge in [-0.15, -0.1) is 0 Å². The van der Waals surface area contributed by atoms with Crippen LogP contribution in [0.15, 0.2) is 0 Å². The molecule has 0 spiro atoms. The minimum atomic E-state index is 0.798. The van der Waals surface area contributed by atoms with E-state index in [4.69, 9.17) is 0 Å². The van der Waals surface area contributed by atoms with Crippen LogP contribution in [0.1, 0.15) is 32.6 Å². The lowest BCUT2D eigenvalue weighted by atomic mass is 9.73. The van der Waals surface area contributed by atoms with Crippen LogP contribution >= 0.6 is 0 Å². The maximum atomic E-state index is 3.62. The summed E-state index contributed by atoms with van der Waals surface area (Å²) >= 11 is 0. The second kappa shape index (κ2) is 1.98. The highest BCUT2D eigenvalue weighted by molar-refractivity contribution is 4.92. The Balaban J connectivity index is 1.92. The first kappa shape index (κ1) is 5.72. The minimum Gasteiger partial charge on any atom is -0.311 e. The van der Waals surface area contributed by atoms with Gasteiger partial charge in [-0.3, -0.25) is 0 Å². The van der Waals surface area contributed by atoms with Crippen LogP contribution in [0.3, 0.4) is 0 Å². The molecule has 3 unspecified atom stereocenters. The van der Waals surface area contributed by atoms with Crippen molar-refractivity contribution < 1.29 is 0 Å². The van der Waals surface area contributed by atoms with E-state index in [-0.39, 0.29) is 0 Å². The average molecular weight is 125 g/mol. The predicted molar refractivity (Wildman–Crippen MR) is 38.3 cm³/mol. The third kappa shape index (κ3) is 0.877. The molecule has 1 saturated carbocycles. The summed E-state index contributed by atoms with van der Waals surface area (Å²) in [6.07, 6.45) is 5.82. The highest BCUT2D eigenvalue weighted by Crippen LogP contribution is 2.35. The summed E-state index contributed by atoms with van der Waals surface area (Å²) in [5.41, 5.74) is 0.